The molecule has 5 heteroatoms. The van der Waals surface area contributed by atoms with E-state index in [1.807, 2.05) is 12.1 Å². The van der Waals surface area contributed by atoms with Gasteiger partial charge in [-0.15, -0.1) is 0 Å². The van der Waals surface area contributed by atoms with Crippen LogP contribution in [0.15, 0.2) is 34.6 Å². The Bertz CT molecular complexity index is 439. The molecular formula is C10H12N4S. The fourth-order valence-corrected chi connectivity index (χ4v) is 2.26. The van der Waals surface area contributed by atoms with E-state index in [2.05, 4.69) is 28.2 Å². The minimum absolute atomic E-state index is 0.540. The highest BCUT2D eigenvalue weighted by Crippen LogP contribution is 2.30. The Morgan fingerprint density at radius 1 is 1.47 bits per heavy atom. The van der Waals surface area contributed by atoms with Gasteiger partial charge in [0.15, 0.2) is 5.16 Å². The topological polar surface area (TPSA) is 67.6 Å². The Hall–Kier alpha value is -1.33. The van der Waals surface area contributed by atoms with Gasteiger partial charge >= 0.3 is 0 Å². The summed E-state index contributed by atoms with van der Waals surface area (Å²) in [6.45, 7) is 2.61. The molecule has 0 spiro atoms. The van der Waals surface area contributed by atoms with Crippen molar-refractivity contribution in [3.8, 4) is 0 Å². The molecule has 0 saturated carbocycles. The molecule has 1 aromatic heterocycles. The molecule has 2 aromatic rings. The summed E-state index contributed by atoms with van der Waals surface area (Å²) in [5.74, 6) is 0. The van der Waals surface area contributed by atoms with Crippen molar-refractivity contribution in [1.29, 1.82) is 0 Å². The van der Waals surface area contributed by atoms with Crippen LogP contribution in [0.1, 0.15) is 11.1 Å². The zero-order chi connectivity index (χ0) is 10.7. The van der Waals surface area contributed by atoms with Crippen molar-refractivity contribution in [1.82, 2.24) is 15.2 Å². The van der Waals surface area contributed by atoms with Gasteiger partial charge in [0, 0.05) is 11.4 Å². The van der Waals surface area contributed by atoms with Gasteiger partial charge in [-0.25, -0.2) is 4.98 Å². The monoisotopic (exact) mass is 220 g/mol. The van der Waals surface area contributed by atoms with Gasteiger partial charge < -0.3 is 5.73 Å². The Kier molecular flexibility index (Phi) is 3.03. The lowest BCUT2D eigenvalue weighted by molar-refractivity contribution is 0.963. The van der Waals surface area contributed by atoms with Crippen LogP contribution < -0.4 is 5.73 Å². The molecule has 1 heterocycles. The molecule has 0 bridgehead atoms. The first-order chi connectivity index (χ1) is 7.31. The van der Waals surface area contributed by atoms with Gasteiger partial charge in [-0.3, -0.25) is 5.10 Å². The number of aromatic amines is 1. The standard InChI is InChI=1S/C10H12N4S/c1-7-3-2-4-8(5-11)9(7)15-10-12-6-13-14-10/h2-4,6H,5,11H2,1H3,(H,12,13,14). The number of nitrogens with zero attached hydrogens (tertiary/aromatic N) is 2. The molecule has 78 valence electrons. The van der Waals surface area contributed by atoms with Crippen molar-refractivity contribution in [2.45, 2.75) is 23.5 Å². The van der Waals surface area contributed by atoms with Gasteiger partial charge in [0.25, 0.3) is 0 Å². The normalized spacial score (nSPS) is 10.5. The highest BCUT2D eigenvalue weighted by atomic mass is 32.2. The number of aryl methyl sites for hydroxylation is 1. The summed E-state index contributed by atoms with van der Waals surface area (Å²) < 4.78 is 0. The van der Waals surface area contributed by atoms with Gasteiger partial charge in [0.2, 0.25) is 0 Å². The minimum atomic E-state index is 0.540. The highest BCUT2D eigenvalue weighted by Gasteiger charge is 2.07. The predicted octanol–water partition coefficient (Wildman–Crippen LogP) is 1.72. The molecule has 3 N–H and O–H groups in total. The summed E-state index contributed by atoms with van der Waals surface area (Å²) in [7, 11) is 0. The number of rotatable bonds is 3. The third-order valence-electron chi connectivity index (χ3n) is 2.11. The number of aromatic nitrogens is 3. The maximum absolute atomic E-state index is 5.69. The number of benzene rings is 1. The van der Waals surface area contributed by atoms with Crippen LogP contribution in [0, 0.1) is 6.92 Å². The SMILES string of the molecule is Cc1cccc(CN)c1Sc1ncn[nH]1. The number of nitrogens with two attached hydrogens (primary N) is 1. The molecule has 0 amide bonds. The van der Waals surface area contributed by atoms with Crippen LogP contribution in [-0.2, 0) is 6.54 Å². The van der Waals surface area contributed by atoms with Crippen LogP contribution in [0.4, 0.5) is 0 Å². The Morgan fingerprint density at radius 3 is 3.00 bits per heavy atom. The summed E-state index contributed by atoms with van der Waals surface area (Å²) in [6, 6.07) is 6.12. The molecule has 0 unspecified atom stereocenters. The molecule has 0 aliphatic carbocycles. The van der Waals surface area contributed by atoms with E-state index in [1.165, 1.54) is 11.9 Å². The summed E-state index contributed by atoms with van der Waals surface area (Å²) in [6.07, 6.45) is 1.50. The molecule has 15 heavy (non-hydrogen) atoms. The third kappa shape index (κ3) is 2.19. The smallest absolute Gasteiger partial charge is 0.188 e. The Labute approximate surface area is 92.3 Å². The molecule has 0 atom stereocenters. The fraction of sp³-hybridized carbons (Fsp3) is 0.200. The molecule has 0 saturated heterocycles. The van der Waals surface area contributed by atoms with Crippen molar-refractivity contribution in [3.05, 3.63) is 35.7 Å². The van der Waals surface area contributed by atoms with E-state index in [9.17, 15) is 0 Å². The van der Waals surface area contributed by atoms with Gasteiger partial charge in [-0.1, -0.05) is 18.2 Å². The second-order valence-corrected chi connectivity index (χ2v) is 4.16. The average molecular weight is 220 g/mol. The van der Waals surface area contributed by atoms with E-state index in [-0.39, 0.29) is 0 Å². The minimum Gasteiger partial charge on any atom is -0.326 e. The summed E-state index contributed by atoms with van der Waals surface area (Å²) in [5.41, 5.74) is 8.03. The summed E-state index contributed by atoms with van der Waals surface area (Å²) >= 11 is 1.56. The first-order valence-electron chi connectivity index (χ1n) is 4.63. The molecule has 2 rings (SSSR count). The Balaban J connectivity index is 2.34. The van der Waals surface area contributed by atoms with E-state index in [4.69, 9.17) is 5.73 Å². The van der Waals surface area contributed by atoms with E-state index >= 15 is 0 Å². The van der Waals surface area contributed by atoms with Crippen molar-refractivity contribution in [2.75, 3.05) is 0 Å². The maximum atomic E-state index is 5.69. The lowest BCUT2D eigenvalue weighted by Crippen LogP contribution is -1.99. The first kappa shape index (κ1) is 10.2. The van der Waals surface area contributed by atoms with Gasteiger partial charge in [-0.2, -0.15) is 5.10 Å². The fourth-order valence-electron chi connectivity index (χ4n) is 1.36. The molecule has 0 aliphatic rings. The van der Waals surface area contributed by atoms with Gasteiger partial charge in [0.05, 0.1) is 0 Å². The molecule has 0 aliphatic heterocycles. The van der Waals surface area contributed by atoms with Crippen LogP contribution in [0.25, 0.3) is 0 Å². The molecular weight excluding hydrogens is 208 g/mol. The van der Waals surface area contributed by atoms with Crippen molar-refractivity contribution < 1.29 is 0 Å². The van der Waals surface area contributed by atoms with Crippen molar-refractivity contribution in [3.63, 3.8) is 0 Å². The molecule has 1 aromatic carbocycles. The number of H-pyrrole nitrogens is 1. The highest BCUT2D eigenvalue weighted by molar-refractivity contribution is 7.99. The van der Waals surface area contributed by atoms with Crippen LogP contribution in [0.2, 0.25) is 0 Å². The molecule has 0 radical (unpaired) electrons. The predicted molar refractivity (Wildman–Crippen MR) is 59.6 cm³/mol. The summed E-state index contributed by atoms with van der Waals surface area (Å²) in [4.78, 5) is 5.25. The largest absolute Gasteiger partial charge is 0.326 e. The Morgan fingerprint density at radius 2 is 2.33 bits per heavy atom. The molecule has 4 nitrogen and oxygen atoms in total. The lowest BCUT2D eigenvalue weighted by atomic mass is 10.1. The summed E-state index contributed by atoms with van der Waals surface area (Å²) in [5, 5.41) is 7.43. The maximum Gasteiger partial charge on any atom is 0.188 e. The quantitative estimate of drug-likeness (QED) is 0.826. The van der Waals surface area contributed by atoms with Crippen LogP contribution in [-0.4, -0.2) is 15.2 Å². The van der Waals surface area contributed by atoms with E-state index in [1.54, 1.807) is 11.8 Å². The van der Waals surface area contributed by atoms with Crippen molar-refractivity contribution in [2.24, 2.45) is 5.73 Å². The van der Waals surface area contributed by atoms with Crippen LogP contribution in [0.5, 0.6) is 0 Å². The van der Waals surface area contributed by atoms with E-state index in [0.29, 0.717) is 6.54 Å². The van der Waals surface area contributed by atoms with Crippen LogP contribution >= 0.6 is 11.8 Å². The first-order valence-corrected chi connectivity index (χ1v) is 5.44. The van der Waals surface area contributed by atoms with E-state index in [0.717, 1.165) is 15.6 Å². The van der Waals surface area contributed by atoms with Gasteiger partial charge in [0.1, 0.15) is 6.33 Å². The second-order valence-electron chi connectivity index (χ2n) is 3.16. The van der Waals surface area contributed by atoms with Gasteiger partial charge in [-0.05, 0) is 29.8 Å². The second kappa shape index (κ2) is 4.46. The molecule has 0 fully saturated rings. The number of hydrogen-bond acceptors (Lipinski definition) is 4. The number of hydrogen-bond donors (Lipinski definition) is 2. The lowest BCUT2D eigenvalue weighted by Gasteiger charge is -2.08. The average Bonchev–Trinajstić information content (AvgIpc) is 2.74. The third-order valence-corrected chi connectivity index (χ3v) is 3.28. The number of nitrogens with one attached hydrogen (secondary N) is 1. The van der Waals surface area contributed by atoms with Crippen molar-refractivity contribution >= 4 is 11.8 Å². The van der Waals surface area contributed by atoms with Crippen LogP contribution in [0.3, 0.4) is 0 Å². The zero-order valence-electron chi connectivity index (χ0n) is 8.40. The zero-order valence-corrected chi connectivity index (χ0v) is 9.21. The van der Waals surface area contributed by atoms with E-state index < -0.39 is 0 Å².